The van der Waals surface area contributed by atoms with E-state index in [0.717, 1.165) is 9.80 Å². The number of carbonyl (C=O) groups excluding carboxylic acids is 4. The number of nitrogens with zero attached hydrogens (tertiary/aromatic N) is 2. The smallest absolute Gasteiger partial charge is 0.405 e. The van der Waals surface area contributed by atoms with E-state index in [1.165, 1.54) is 0 Å². The Morgan fingerprint density at radius 1 is 0.625 bits per heavy atom. The molecule has 0 aliphatic carbocycles. The third-order valence-corrected chi connectivity index (χ3v) is 3.69. The second-order valence-electron chi connectivity index (χ2n) is 6.01. The molecule has 4 N–H and O–H groups in total. The number of ether oxygens (including phenoxy) is 2. The van der Waals surface area contributed by atoms with E-state index in [4.69, 9.17) is 20.4 Å². The highest BCUT2D eigenvalue weighted by molar-refractivity contribution is 6.95. The van der Waals surface area contributed by atoms with Crippen LogP contribution in [0.15, 0.2) is 0 Å². The highest BCUT2D eigenvalue weighted by Gasteiger charge is 2.20. The van der Waals surface area contributed by atoms with Gasteiger partial charge in [0.15, 0.2) is 0 Å². The molecule has 16 heteroatoms. The Labute approximate surface area is 184 Å². The zero-order valence-electron chi connectivity index (χ0n) is 17.2. The molecule has 2 amide bonds. The molecule has 0 aromatic heterocycles. The van der Waals surface area contributed by atoms with Crippen LogP contribution in [0.5, 0.6) is 0 Å². The largest absolute Gasteiger partial charge is 0.489 e. The molecular weight excluding hydrogens is 434 g/mol. The topological polar surface area (TPSA) is 208 Å². The fourth-order valence-electron chi connectivity index (χ4n) is 2.29. The van der Waals surface area contributed by atoms with Gasteiger partial charge in [0.05, 0.1) is 26.3 Å². The number of amides is 2. The molecule has 0 aromatic rings. The van der Waals surface area contributed by atoms with Gasteiger partial charge in [-0.3, -0.25) is 28.8 Å². The van der Waals surface area contributed by atoms with E-state index in [1.807, 2.05) is 0 Å². The van der Waals surface area contributed by atoms with Crippen molar-refractivity contribution in [3.8, 4) is 0 Å². The van der Waals surface area contributed by atoms with Crippen LogP contribution in [0.25, 0.3) is 0 Å². The van der Waals surface area contributed by atoms with Crippen molar-refractivity contribution >= 4 is 49.8 Å². The summed E-state index contributed by atoms with van der Waals surface area (Å²) in [6.45, 7) is -1.93. The molecule has 2 radical (unpaired) electrons. The van der Waals surface area contributed by atoms with Gasteiger partial charge in [-0.25, -0.2) is 0 Å². The number of carboxylic acid groups (broad SMARTS) is 2. The van der Waals surface area contributed by atoms with Crippen LogP contribution in [0, 0.1) is 0 Å². The molecule has 0 atom stereocenters. The van der Waals surface area contributed by atoms with Gasteiger partial charge >= 0.3 is 14.6 Å². The Morgan fingerprint density at radius 2 is 0.969 bits per heavy atom. The zero-order chi connectivity index (χ0) is 24.5. The fourth-order valence-corrected chi connectivity index (χ4v) is 2.29. The lowest BCUT2D eigenvalue weighted by molar-refractivity contribution is -0.138. The molecule has 0 heterocycles. The highest BCUT2D eigenvalue weighted by Crippen LogP contribution is 2.03. The van der Waals surface area contributed by atoms with Crippen molar-refractivity contribution in [1.29, 1.82) is 0 Å². The van der Waals surface area contributed by atoms with Crippen LogP contribution in [-0.4, -0.2) is 133 Å². The summed E-state index contributed by atoms with van der Waals surface area (Å²) >= 11 is 0. The summed E-state index contributed by atoms with van der Waals surface area (Å²) in [4.78, 5) is 69.9. The molecular formula is C16H24B2N2O12. The average molecular weight is 458 g/mol. The Kier molecular flexibility index (Phi) is 14.9. The Bertz CT molecular complexity index is 619. The van der Waals surface area contributed by atoms with Crippen molar-refractivity contribution in [2.45, 2.75) is 12.8 Å². The van der Waals surface area contributed by atoms with Crippen LogP contribution >= 0.6 is 0 Å². The Hall–Kier alpha value is -3.13. The van der Waals surface area contributed by atoms with Crippen LogP contribution in [0.1, 0.15) is 12.8 Å². The van der Waals surface area contributed by atoms with E-state index >= 15 is 0 Å². The maximum absolute atomic E-state index is 12.3. The van der Waals surface area contributed by atoms with Crippen molar-refractivity contribution in [1.82, 2.24) is 9.80 Å². The first-order chi connectivity index (χ1) is 15.1. The van der Waals surface area contributed by atoms with Crippen molar-refractivity contribution in [3.05, 3.63) is 0 Å². The van der Waals surface area contributed by atoms with E-state index in [2.05, 4.69) is 9.47 Å². The second kappa shape index (κ2) is 16.5. The van der Waals surface area contributed by atoms with E-state index in [0.29, 0.717) is 14.6 Å². The number of aliphatic hydroxyl groups is 2. The van der Waals surface area contributed by atoms with Crippen molar-refractivity contribution in [3.63, 3.8) is 0 Å². The molecule has 0 aromatic carbocycles. The average Bonchev–Trinajstić information content (AvgIpc) is 2.69. The molecule has 0 saturated carbocycles. The van der Waals surface area contributed by atoms with Gasteiger partial charge in [0, 0.05) is 25.9 Å². The standard InChI is InChI=1S/C16H24B2N2O12/c21-7-3-19(5-9-31-15(29)17-13(25)26)11(23)1-2-12(24)20(4-8-22)6-10-32-16(30)18-14(27)28/h21-22H,1-10H2,(H,25,26)(H,27,28). The minimum atomic E-state index is -1.49. The number of hydrogen-bond donors (Lipinski definition) is 4. The first kappa shape index (κ1) is 28.9. The summed E-state index contributed by atoms with van der Waals surface area (Å²) in [5.41, 5.74) is 0. The third-order valence-electron chi connectivity index (χ3n) is 3.69. The predicted octanol–water partition coefficient (Wildman–Crippen LogP) is -1.55. The van der Waals surface area contributed by atoms with Gasteiger partial charge in [-0.05, 0) is 0 Å². The lowest BCUT2D eigenvalue weighted by Gasteiger charge is -2.24. The van der Waals surface area contributed by atoms with E-state index < -0.39 is 48.5 Å². The first-order valence-electron chi connectivity index (χ1n) is 9.36. The molecule has 0 aliphatic rings. The SMILES string of the molecule is O=C(O)[B]C(=O)OCCN(CCO)C(=O)CCC(=O)N(CCO)CCOC(=O)[B]C(=O)O. The van der Waals surface area contributed by atoms with E-state index in [1.54, 1.807) is 0 Å². The fraction of sp³-hybridized carbons (Fsp3) is 0.625. The van der Waals surface area contributed by atoms with Gasteiger partial charge in [-0.1, -0.05) is 0 Å². The monoisotopic (exact) mass is 458 g/mol. The van der Waals surface area contributed by atoms with Gasteiger partial charge < -0.3 is 39.7 Å². The summed E-state index contributed by atoms with van der Waals surface area (Å²) in [6.07, 6.45) is -0.551. The molecule has 0 aliphatic heterocycles. The molecule has 14 nitrogen and oxygen atoms in total. The van der Waals surface area contributed by atoms with E-state index in [9.17, 15) is 28.8 Å². The van der Waals surface area contributed by atoms with Gasteiger partial charge in [0.25, 0.3) is 23.5 Å². The van der Waals surface area contributed by atoms with Gasteiger partial charge in [-0.2, -0.15) is 0 Å². The van der Waals surface area contributed by atoms with Crippen LogP contribution in [-0.2, 0) is 19.1 Å². The molecule has 32 heavy (non-hydrogen) atoms. The van der Waals surface area contributed by atoms with Gasteiger partial charge in [-0.15, -0.1) is 0 Å². The number of carbonyl (C=O) groups is 6. The lowest BCUT2D eigenvalue weighted by Crippen LogP contribution is -2.39. The van der Waals surface area contributed by atoms with Crippen LogP contribution in [0.2, 0.25) is 0 Å². The zero-order valence-corrected chi connectivity index (χ0v) is 17.2. The summed E-state index contributed by atoms with van der Waals surface area (Å²) in [5, 5.41) is 35.0. The van der Waals surface area contributed by atoms with Crippen molar-refractivity contribution < 1.29 is 58.7 Å². The van der Waals surface area contributed by atoms with Crippen LogP contribution in [0.3, 0.4) is 0 Å². The molecule has 0 spiro atoms. The summed E-state index contributed by atoms with van der Waals surface area (Å²) in [6, 6.07) is 0. The summed E-state index contributed by atoms with van der Waals surface area (Å²) in [5.74, 6) is -6.28. The molecule has 0 saturated heterocycles. The summed E-state index contributed by atoms with van der Waals surface area (Å²) < 4.78 is 9.26. The Morgan fingerprint density at radius 3 is 1.25 bits per heavy atom. The highest BCUT2D eigenvalue weighted by atomic mass is 16.5. The molecule has 176 valence electrons. The molecule has 0 fully saturated rings. The first-order valence-corrected chi connectivity index (χ1v) is 9.36. The quantitative estimate of drug-likeness (QED) is 0.183. The normalized spacial score (nSPS) is 9.94. The van der Waals surface area contributed by atoms with Crippen LogP contribution < -0.4 is 0 Å². The van der Waals surface area contributed by atoms with Crippen molar-refractivity contribution in [2.75, 3.05) is 52.6 Å². The van der Waals surface area contributed by atoms with Crippen molar-refractivity contribution in [2.24, 2.45) is 0 Å². The number of rotatable bonds is 17. The Balaban J connectivity index is 4.56. The molecule has 0 unspecified atom stereocenters. The second-order valence-corrected chi connectivity index (χ2v) is 6.01. The molecule has 0 bridgehead atoms. The lowest BCUT2D eigenvalue weighted by atomic mass is 9.80. The van der Waals surface area contributed by atoms with Crippen LogP contribution in [0.4, 0.5) is 19.2 Å². The third kappa shape index (κ3) is 14.0. The minimum absolute atomic E-state index is 0.108. The van der Waals surface area contributed by atoms with Gasteiger partial charge in [0.2, 0.25) is 11.8 Å². The maximum Gasteiger partial charge on any atom is 0.405 e. The molecule has 0 rings (SSSR count). The summed E-state index contributed by atoms with van der Waals surface area (Å²) in [7, 11) is 0.618. The number of hydrogen-bond acceptors (Lipinski definition) is 10. The number of aliphatic hydroxyl groups excluding tert-OH is 2. The maximum atomic E-state index is 12.3. The van der Waals surface area contributed by atoms with E-state index in [-0.39, 0.29) is 52.2 Å². The predicted molar refractivity (Wildman–Crippen MR) is 107 cm³/mol. The minimum Gasteiger partial charge on any atom is -0.489 e. The van der Waals surface area contributed by atoms with Gasteiger partial charge in [0.1, 0.15) is 13.2 Å².